The molecule has 4 aliphatic rings. The second kappa shape index (κ2) is 11.4. The van der Waals surface area contributed by atoms with Gasteiger partial charge in [0.05, 0.1) is 53.3 Å². The number of aromatic carboxylic acids is 2. The summed E-state index contributed by atoms with van der Waals surface area (Å²) in [4.78, 5) is 81.3. The number of fused-ring (bicyclic) bond motifs is 4. The van der Waals surface area contributed by atoms with E-state index in [9.17, 15) is 44.1 Å². The predicted molar refractivity (Wildman–Crippen MR) is 172 cm³/mol. The lowest BCUT2D eigenvalue weighted by atomic mass is 9.57. The van der Waals surface area contributed by atoms with Crippen molar-refractivity contribution in [1.82, 2.24) is 0 Å². The Morgan fingerprint density at radius 2 is 1.27 bits per heavy atom. The van der Waals surface area contributed by atoms with Crippen molar-refractivity contribution in [2.24, 2.45) is 29.6 Å². The van der Waals surface area contributed by atoms with Crippen LogP contribution in [0.2, 0.25) is 0 Å². The van der Waals surface area contributed by atoms with Crippen molar-refractivity contribution in [3.63, 3.8) is 0 Å². The molecule has 0 aromatic heterocycles. The summed E-state index contributed by atoms with van der Waals surface area (Å²) in [6.07, 6.45) is 2.09. The molecule has 13 heteroatoms. The molecule has 6 atom stereocenters. The molecule has 7 rings (SSSR count). The van der Waals surface area contributed by atoms with Crippen molar-refractivity contribution in [3.8, 4) is 11.5 Å². The van der Waals surface area contributed by atoms with Crippen LogP contribution in [0.15, 0.2) is 76.8 Å². The van der Waals surface area contributed by atoms with Crippen LogP contribution >= 0.6 is 15.9 Å². The van der Waals surface area contributed by atoms with E-state index in [2.05, 4.69) is 15.9 Å². The standard InChI is InChI=1S/C35H27BrN2O10/c1-48-25-13-17(36)12-23(29(25)39)26-20-10-11-21-27(32(42)37(30(21)40)18-6-2-15(3-7-18)34(44)45)22(20)14-24-28(26)33(43)38(31(24)41)19-8-4-16(5-9-19)35(46)47/h2-10,12-13,21-22,24,26-28,39H,11,14H2,1H3,(H,44,45)(H,46,47)/t21-,22+,24+,26+,27-,28+/m0/s1. The van der Waals surface area contributed by atoms with E-state index >= 15 is 0 Å². The number of aromatic hydroxyl groups is 1. The number of carboxylic acids is 2. The number of imide groups is 2. The van der Waals surface area contributed by atoms with Gasteiger partial charge < -0.3 is 20.1 Å². The molecule has 4 amide bonds. The fourth-order valence-electron chi connectivity index (χ4n) is 7.94. The van der Waals surface area contributed by atoms with E-state index in [0.29, 0.717) is 15.6 Å². The first-order valence-electron chi connectivity index (χ1n) is 15.1. The molecule has 0 bridgehead atoms. The van der Waals surface area contributed by atoms with Crippen LogP contribution in [0.3, 0.4) is 0 Å². The molecule has 12 nitrogen and oxygen atoms in total. The summed E-state index contributed by atoms with van der Waals surface area (Å²) >= 11 is 3.46. The Morgan fingerprint density at radius 3 is 1.79 bits per heavy atom. The summed E-state index contributed by atoms with van der Waals surface area (Å²) in [5, 5.41) is 30.1. The molecule has 244 valence electrons. The van der Waals surface area contributed by atoms with E-state index < -0.39 is 71.1 Å². The van der Waals surface area contributed by atoms with Gasteiger partial charge in [0.25, 0.3) is 0 Å². The molecular weight excluding hydrogens is 688 g/mol. The van der Waals surface area contributed by atoms with Gasteiger partial charge >= 0.3 is 11.9 Å². The molecule has 3 fully saturated rings. The number of hydrogen-bond acceptors (Lipinski definition) is 8. The number of amides is 4. The van der Waals surface area contributed by atoms with Crippen molar-refractivity contribution < 1.29 is 48.8 Å². The molecule has 0 unspecified atom stereocenters. The summed E-state index contributed by atoms with van der Waals surface area (Å²) in [6, 6.07) is 14.0. The summed E-state index contributed by atoms with van der Waals surface area (Å²) in [7, 11) is 1.38. The fraction of sp³-hybridized carbons (Fsp3) is 0.257. The average molecular weight is 716 g/mol. The fourth-order valence-corrected chi connectivity index (χ4v) is 8.39. The normalized spacial score (nSPS) is 26.2. The van der Waals surface area contributed by atoms with E-state index in [1.165, 1.54) is 55.6 Å². The smallest absolute Gasteiger partial charge is 0.335 e. The van der Waals surface area contributed by atoms with Gasteiger partial charge in [0.2, 0.25) is 23.6 Å². The largest absolute Gasteiger partial charge is 0.504 e. The number of methoxy groups -OCH3 is 1. The minimum Gasteiger partial charge on any atom is -0.504 e. The monoisotopic (exact) mass is 714 g/mol. The Morgan fingerprint density at radius 1 is 0.750 bits per heavy atom. The van der Waals surface area contributed by atoms with Crippen molar-refractivity contribution in [2.75, 3.05) is 16.9 Å². The Hall–Kier alpha value is -5.30. The summed E-state index contributed by atoms with van der Waals surface area (Å²) < 4.78 is 5.95. The minimum atomic E-state index is -1.17. The highest BCUT2D eigenvalue weighted by Gasteiger charge is 2.62. The molecule has 2 saturated heterocycles. The van der Waals surface area contributed by atoms with Crippen LogP contribution in [0.25, 0.3) is 0 Å². The van der Waals surface area contributed by atoms with Gasteiger partial charge in [0.1, 0.15) is 0 Å². The number of phenols is 1. The van der Waals surface area contributed by atoms with Gasteiger partial charge in [-0.2, -0.15) is 0 Å². The lowest BCUT2D eigenvalue weighted by Crippen LogP contribution is -2.43. The van der Waals surface area contributed by atoms with Gasteiger partial charge in [-0.1, -0.05) is 27.6 Å². The number of anilines is 2. The zero-order valence-corrected chi connectivity index (χ0v) is 26.8. The van der Waals surface area contributed by atoms with Gasteiger partial charge in [-0.15, -0.1) is 0 Å². The highest BCUT2D eigenvalue weighted by molar-refractivity contribution is 9.10. The first kappa shape index (κ1) is 31.3. The van der Waals surface area contributed by atoms with Crippen LogP contribution in [0.5, 0.6) is 11.5 Å². The number of carbonyl (C=O) groups excluding carboxylic acids is 4. The molecule has 2 aliphatic carbocycles. The van der Waals surface area contributed by atoms with Crippen LogP contribution in [-0.2, 0) is 19.2 Å². The number of nitrogens with zero attached hydrogens (tertiary/aromatic N) is 2. The summed E-state index contributed by atoms with van der Waals surface area (Å²) in [5.74, 6) is -9.46. The number of rotatable bonds is 6. The number of halogens is 1. The van der Waals surface area contributed by atoms with Gasteiger partial charge in [-0.3, -0.25) is 29.0 Å². The molecule has 1 saturated carbocycles. The van der Waals surface area contributed by atoms with Crippen LogP contribution in [0, 0.1) is 29.6 Å². The summed E-state index contributed by atoms with van der Waals surface area (Å²) in [6.45, 7) is 0. The minimum absolute atomic E-state index is 0.00352. The SMILES string of the molecule is COc1cc(Br)cc([C@H]2C3=CC[C@@H]4C(=O)N(c5ccc(C(=O)O)cc5)C(=O)[C@@H]4[C@@H]3C[C@H]3C(=O)N(c4ccc(C(=O)O)cc4)C(=O)[C@@H]23)c1O. The molecule has 0 spiro atoms. The highest BCUT2D eigenvalue weighted by atomic mass is 79.9. The second-order valence-electron chi connectivity index (χ2n) is 12.3. The quantitative estimate of drug-likeness (QED) is 0.241. The molecule has 2 aliphatic heterocycles. The van der Waals surface area contributed by atoms with E-state index in [1.54, 1.807) is 12.1 Å². The summed E-state index contributed by atoms with van der Waals surface area (Å²) in [5.41, 5.74) is 1.37. The van der Waals surface area contributed by atoms with E-state index in [1.807, 2.05) is 6.08 Å². The van der Waals surface area contributed by atoms with Gasteiger partial charge in [0, 0.05) is 16.0 Å². The van der Waals surface area contributed by atoms with Gasteiger partial charge in [0.15, 0.2) is 11.5 Å². The highest BCUT2D eigenvalue weighted by Crippen LogP contribution is 2.60. The molecule has 2 heterocycles. The molecule has 3 aromatic rings. The number of phenolic OH excluding ortho intramolecular Hbond substituents is 1. The third-order valence-electron chi connectivity index (χ3n) is 10.0. The Labute approximate surface area is 281 Å². The average Bonchev–Trinajstić information content (AvgIpc) is 3.48. The maximum Gasteiger partial charge on any atom is 0.335 e. The number of ether oxygens (including phenoxy) is 1. The van der Waals surface area contributed by atoms with E-state index in [0.717, 1.165) is 9.80 Å². The van der Waals surface area contributed by atoms with Gasteiger partial charge in [-0.05, 0) is 79.4 Å². The zero-order chi connectivity index (χ0) is 34.2. The van der Waals surface area contributed by atoms with Crippen molar-refractivity contribution in [2.45, 2.75) is 18.8 Å². The second-order valence-corrected chi connectivity index (χ2v) is 13.2. The molecule has 48 heavy (non-hydrogen) atoms. The van der Waals surface area contributed by atoms with Crippen LogP contribution < -0.4 is 14.5 Å². The molecule has 0 radical (unpaired) electrons. The van der Waals surface area contributed by atoms with Crippen LogP contribution in [-0.4, -0.2) is 58.0 Å². The maximum absolute atomic E-state index is 14.3. The van der Waals surface area contributed by atoms with Crippen molar-refractivity contribution in [3.05, 3.63) is 93.5 Å². The predicted octanol–water partition coefficient (Wildman–Crippen LogP) is 4.60. The number of hydrogen-bond donors (Lipinski definition) is 3. The lowest BCUT2D eigenvalue weighted by Gasteiger charge is -2.44. The third kappa shape index (κ3) is 4.63. The Balaban J connectivity index is 1.33. The lowest BCUT2D eigenvalue weighted by molar-refractivity contribution is -0.126. The first-order chi connectivity index (χ1) is 22.9. The van der Waals surface area contributed by atoms with Crippen LogP contribution in [0.1, 0.15) is 45.0 Å². The molecule has 3 aromatic carbocycles. The van der Waals surface area contributed by atoms with Crippen molar-refractivity contribution >= 4 is 62.9 Å². The van der Waals surface area contributed by atoms with E-state index in [4.69, 9.17) is 4.74 Å². The van der Waals surface area contributed by atoms with Crippen molar-refractivity contribution in [1.29, 1.82) is 0 Å². The number of carboxylic acid groups (broad SMARTS) is 2. The maximum atomic E-state index is 14.3. The molecule has 3 N–H and O–H groups in total. The van der Waals surface area contributed by atoms with Gasteiger partial charge in [-0.25, -0.2) is 9.59 Å². The molecular formula is C35H27BrN2O10. The topological polar surface area (TPSA) is 179 Å². The van der Waals surface area contributed by atoms with E-state index in [-0.39, 0.29) is 46.8 Å². The van der Waals surface area contributed by atoms with Crippen LogP contribution in [0.4, 0.5) is 11.4 Å². The third-order valence-corrected chi connectivity index (χ3v) is 10.5. The Bertz CT molecular complexity index is 1970. The first-order valence-corrected chi connectivity index (χ1v) is 15.9. The number of benzene rings is 3. The zero-order valence-electron chi connectivity index (χ0n) is 25.2. The number of allylic oxidation sites excluding steroid dienone is 2. The number of carbonyl (C=O) groups is 6. The Kier molecular flexibility index (Phi) is 7.46.